The molecule has 0 N–H and O–H groups in total. The molecule has 1 aliphatic rings. The highest BCUT2D eigenvalue weighted by atomic mass is 19.1. The van der Waals surface area contributed by atoms with Gasteiger partial charge in [-0.05, 0) is 25.0 Å². The third-order valence-corrected chi connectivity index (χ3v) is 4.34. The van der Waals surface area contributed by atoms with Crippen LogP contribution in [0.1, 0.15) is 29.7 Å². The maximum Gasteiger partial charge on any atom is 0.256 e. The molecule has 1 aliphatic heterocycles. The second-order valence-corrected chi connectivity index (χ2v) is 5.84. The Morgan fingerprint density at radius 1 is 1.35 bits per heavy atom. The summed E-state index contributed by atoms with van der Waals surface area (Å²) in [5.41, 5.74) is 1.62. The second-order valence-electron chi connectivity index (χ2n) is 5.84. The molecule has 5 nitrogen and oxygen atoms in total. The zero-order chi connectivity index (χ0) is 16.6. The number of hydrogen-bond acceptors (Lipinski definition) is 3. The fraction of sp³-hybridized carbons (Fsp3) is 0.353. The molecule has 0 fully saturated rings. The molecule has 23 heavy (non-hydrogen) atoms. The SMILES string of the molecule is CC(C(=O)N1CCc2c(ncn(C)c2=O)C1)c1ccccc1F. The van der Waals surface area contributed by atoms with Gasteiger partial charge in [-0.25, -0.2) is 9.37 Å². The van der Waals surface area contributed by atoms with Crippen molar-refractivity contribution >= 4 is 5.91 Å². The van der Waals surface area contributed by atoms with Crippen molar-refractivity contribution in [3.8, 4) is 0 Å². The van der Waals surface area contributed by atoms with Crippen LogP contribution in [-0.4, -0.2) is 26.9 Å². The molecule has 3 rings (SSSR count). The van der Waals surface area contributed by atoms with Crippen molar-refractivity contribution in [2.24, 2.45) is 7.05 Å². The van der Waals surface area contributed by atoms with E-state index in [1.165, 1.54) is 17.0 Å². The van der Waals surface area contributed by atoms with Crippen LogP contribution in [0.25, 0.3) is 0 Å². The highest BCUT2D eigenvalue weighted by molar-refractivity contribution is 5.83. The topological polar surface area (TPSA) is 55.2 Å². The van der Waals surface area contributed by atoms with Gasteiger partial charge in [0, 0.05) is 19.2 Å². The Labute approximate surface area is 133 Å². The van der Waals surface area contributed by atoms with Crippen molar-refractivity contribution in [2.45, 2.75) is 25.8 Å². The van der Waals surface area contributed by atoms with Gasteiger partial charge in [0.1, 0.15) is 5.82 Å². The van der Waals surface area contributed by atoms with Crippen molar-refractivity contribution in [1.29, 1.82) is 0 Å². The summed E-state index contributed by atoms with van der Waals surface area (Å²) in [4.78, 5) is 30.6. The third kappa shape index (κ3) is 2.76. The first kappa shape index (κ1) is 15.4. The highest BCUT2D eigenvalue weighted by Crippen LogP contribution is 2.23. The van der Waals surface area contributed by atoms with Crippen LogP contribution in [0.5, 0.6) is 0 Å². The Balaban J connectivity index is 1.83. The molecule has 2 heterocycles. The number of nitrogens with zero attached hydrogens (tertiary/aromatic N) is 3. The van der Waals surface area contributed by atoms with E-state index in [0.717, 1.165) is 0 Å². The van der Waals surface area contributed by atoms with Crippen LogP contribution in [-0.2, 0) is 24.8 Å². The van der Waals surface area contributed by atoms with E-state index in [9.17, 15) is 14.0 Å². The van der Waals surface area contributed by atoms with Gasteiger partial charge in [-0.1, -0.05) is 18.2 Å². The molecule has 1 amide bonds. The molecule has 0 saturated carbocycles. The number of rotatable bonds is 2. The maximum atomic E-state index is 13.9. The Hall–Kier alpha value is -2.50. The molecular formula is C17H18FN3O2. The minimum atomic E-state index is -0.565. The second kappa shape index (κ2) is 5.95. The van der Waals surface area contributed by atoms with Gasteiger partial charge in [0.15, 0.2) is 0 Å². The van der Waals surface area contributed by atoms with Crippen molar-refractivity contribution < 1.29 is 9.18 Å². The van der Waals surface area contributed by atoms with E-state index >= 15 is 0 Å². The Morgan fingerprint density at radius 3 is 2.83 bits per heavy atom. The van der Waals surface area contributed by atoms with Crippen LogP contribution < -0.4 is 5.56 Å². The summed E-state index contributed by atoms with van der Waals surface area (Å²) in [6, 6.07) is 6.31. The number of aromatic nitrogens is 2. The van der Waals surface area contributed by atoms with Crippen LogP contribution >= 0.6 is 0 Å². The average Bonchev–Trinajstić information content (AvgIpc) is 2.57. The number of amides is 1. The van der Waals surface area contributed by atoms with Crippen LogP contribution in [0.2, 0.25) is 0 Å². The van der Waals surface area contributed by atoms with E-state index in [2.05, 4.69) is 4.98 Å². The summed E-state index contributed by atoms with van der Waals surface area (Å²) < 4.78 is 15.3. The fourth-order valence-corrected chi connectivity index (χ4v) is 2.94. The van der Waals surface area contributed by atoms with E-state index in [0.29, 0.717) is 36.3 Å². The zero-order valence-electron chi connectivity index (χ0n) is 13.1. The standard InChI is InChI=1S/C17H18FN3O2/c1-11(12-5-3-4-6-14(12)18)16(22)21-8-7-13-15(9-21)19-10-20(2)17(13)23/h3-6,10-11H,7-9H2,1-2H3. The van der Waals surface area contributed by atoms with Crippen LogP contribution in [0.3, 0.4) is 0 Å². The monoisotopic (exact) mass is 315 g/mol. The quantitative estimate of drug-likeness (QED) is 0.846. The molecule has 120 valence electrons. The molecule has 2 aromatic rings. The van der Waals surface area contributed by atoms with E-state index in [1.807, 2.05) is 0 Å². The lowest BCUT2D eigenvalue weighted by atomic mass is 9.97. The largest absolute Gasteiger partial charge is 0.336 e. The smallest absolute Gasteiger partial charge is 0.256 e. The summed E-state index contributed by atoms with van der Waals surface area (Å²) >= 11 is 0. The van der Waals surface area contributed by atoms with Gasteiger partial charge in [0.2, 0.25) is 5.91 Å². The lowest BCUT2D eigenvalue weighted by Gasteiger charge is -2.30. The van der Waals surface area contributed by atoms with Crippen molar-refractivity contribution in [2.75, 3.05) is 6.54 Å². The number of fused-ring (bicyclic) bond motifs is 1. The maximum absolute atomic E-state index is 13.9. The van der Waals surface area contributed by atoms with Crippen molar-refractivity contribution in [3.05, 3.63) is 63.6 Å². The number of benzene rings is 1. The molecular weight excluding hydrogens is 297 g/mol. The number of carbonyl (C=O) groups excluding carboxylic acids is 1. The van der Waals surface area contributed by atoms with Crippen LogP contribution in [0.15, 0.2) is 35.4 Å². The molecule has 0 bridgehead atoms. The summed E-state index contributed by atoms with van der Waals surface area (Å²) in [6.45, 7) is 2.45. The van der Waals surface area contributed by atoms with Gasteiger partial charge in [-0.3, -0.25) is 9.59 Å². The molecule has 1 atom stereocenters. The van der Waals surface area contributed by atoms with Gasteiger partial charge in [0.05, 0.1) is 24.5 Å². The molecule has 1 unspecified atom stereocenters. The Morgan fingerprint density at radius 2 is 2.09 bits per heavy atom. The minimum absolute atomic E-state index is 0.0655. The van der Waals surface area contributed by atoms with E-state index in [4.69, 9.17) is 0 Å². The Kier molecular flexibility index (Phi) is 3.98. The Bertz CT molecular complexity index is 816. The molecule has 6 heteroatoms. The van der Waals surface area contributed by atoms with E-state index in [1.54, 1.807) is 37.1 Å². The first-order valence-electron chi connectivity index (χ1n) is 7.55. The molecule has 1 aromatic heterocycles. The van der Waals surface area contributed by atoms with Gasteiger partial charge in [-0.15, -0.1) is 0 Å². The predicted molar refractivity (Wildman–Crippen MR) is 83.4 cm³/mol. The van der Waals surface area contributed by atoms with E-state index < -0.39 is 5.92 Å². The minimum Gasteiger partial charge on any atom is -0.336 e. The first-order chi connectivity index (χ1) is 11.0. The van der Waals surface area contributed by atoms with Gasteiger partial charge in [-0.2, -0.15) is 0 Å². The van der Waals surface area contributed by atoms with E-state index in [-0.39, 0.29) is 17.3 Å². The number of hydrogen-bond donors (Lipinski definition) is 0. The summed E-state index contributed by atoms with van der Waals surface area (Å²) in [6.07, 6.45) is 1.95. The highest BCUT2D eigenvalue weighted by Gasteiger charge is 2.28. The summed E-state index contributed by atoms with van der Waals surface area (Å²) in [5, 5.41) is 0. The van der Waals surface area contributed by atoms with Crippen LogP contribution in [0, 0.1) is 5.82 Å². The first-order valence-corrected chi connectivity index (χ1v) is 7.55. The van der Waals surface area contributed by atoms with Gasteiger partial charge >= 0.3 is 0 Å². The summed E-state index contributed by atoms with van der Waals surface area (Å²) in [7, 11) is 1.66. The molecule has 0 saturated heterocycles. The zero-order valence-corrected chi connectivity index (χ0v) is 13.1. The number of carbonyl (C=O) groups is 1. The summed E-state index contributed by atoms with van der Waals surface area (Å²) in [5.74, 6) is -1.09. The lowest BCUT2D eigenvalue weighted by Crippen LogP contribution is -2.41. The average molecular weight is 315 g/mol. The van der Waals surface area contributed by atoms with Gasteiger partial charge in [0.25, 0.3) is 5.56 Å². The molecule has 0 spiro atoms. The van der Waals surface area contributed by atoms with Gasteiger partial charge < -0.3 is 9.47 Å². The third-order valence-electron chi connectivity index (χ3n) is 4.34. The van der Waals surface area contributed by atoms with Crippen molar-refractivity contribution in [3.63, 3.8) is 0 Å². The van der Waals surface area contributed by atoms with Crippen LogP contribution in [0.4, 0.5) is 4.39 Å². The van der Waals surface area contributed by atoms with Crippen molar-refractivity contribution in [1.82, 2.24) is 14.5 Å². The lowest BCUT2D eigenvalue weighted by molar-refractivity contribution is -0.133. The molecule has 1 aromatic carbocycles. The predicted octanol–water partition coefficient (Wildman–Crippen LogP) is 1.61. The fourth-order valence-electron chi connectivity index (χ4n) is 2.94. The number of halogens is 1. The molecule has 0 radical (unpaired) electrons. The molecule has 0 aliphatic carbocycles. The normalized spacial score (nSPS) is 15.2. The number of aryl methyl sites for hydroxylation is 1.